The molecule has 1 saturated carbocycles. The molecule has 1 aliphatic carbocycles. The van der Waals surface area contributed by atoms with E-state index in [0.29, 0.717) is 18.1 Å². The first kappa shape index (κ1) is 11.2. The van der Waals surface area contributed by atoms with Crippen LogP contribution in [0.2, 0.25) is 0 Å². The molecule has 1 fully saturated rings. The van der Waals surface area contributed by atoms with Gasteiger partial charge in [-0.3, -0.25) is 4.79 Å². The quantitative estimate of drug-likeness (QED) is 0.772. The van der Waals surface area contributed by atoms with Crippen LogP contribution in [0.5, 0.6) is 0 Å². The molecule has 1 heteroatoms. The number of hydrogen-bond acceptors (Lipinski definition) is 1. The molecule has 0 N–H and O–H groups in total. The first-order chi connectivity index (χ1) is 8.86. The third-order valence-electron chi connectivity index (χ3n) is 3.84. The van der Waals surface area contributed by atoms with Crippen molar-refractivity contribution in [1.29, 1.82) is 0 Å². The van der Waals surface area contributed by atoms with Gasteiger partial charge in [-0.05, 0) is 23.5 Å². The second-order valence-electron chi connectivity index (χ2n) is 4.91. The van der Waals surface area contributed by atoms with E-state index in [1.54, 1.807) is 0 Å². The fourth-order valence-electron chi connectivity index (χ4n) is 2.98. The lowest BCUT2D eigenvalue weighted by molar-refractivity contribution is -0.118. The molecule has 0 radical (unpaired) electrons. The zero-order chi connectivity index (χ0) is 12.4. The van der Waals surface area contributed by atoms with Crippen LogP contribution >= 0.6 is 0 Å². The van der Waals surface area contributed by atoms with Crippen molar-refractivity contribution >= 4 is 5.78 Å². The summed E-state index contributed by atoms with van der Waals surface area (Å²) >= 11 is 0. The van der Waals surface area contributed by atoms with E-state index < -0.39 is 0 Å². The van der Waals surface area contributed by atoms with Crippen LogP contribution in [0.4, 0.5) is 0 Å². The van der Waals surface area contributed by atoms with Crippen molar-refractivity contribution in [2.24, 2.45) is 0 Å². The number of carbonyl (C=O) groups excluding carboxylic acids is 1. The highest BCUT2D eigenvalue weighted by atomic mass is 16.1. The number of carbonyl (C=O) groups is 1. The molecular formula is C17H16O. The van der Waals surface area contributed by atoms with Gasteiger partial charge in [-0.25, -0.2) is 0 Å². The Morgan fingerprint density at radius 2 is 1.33 bits per heavy atom. The number of ketones is 1. The number of rotatable bonds is 2. The molecule has 2 atom stereocenters. The number of hydrogen-bond donors (Lipinski definition) is 0. The topological polar surface area (TPSA) is 17.1 Å². The van der Waals surface area contributed by atoms with Gasteiger partial charge in [-0.15, -0.1) is 0 Å². The van der Waals surface area contributed by atoms with Crippen molar-refractivity contribution in [2.75, 3.05) is 0 Å². The normalized spacial score (nSPS) is 23.2. The molecule has 1 nitrogen and oxygen atoms in total. The Labute approximate surface area is 107 Å². The predicted octanol–water partition coefficient (Wildman–Crippen LogP) is 3.92. The highest BCUT2D eigenvalue weighted by molar-refractivity contribution is 5.89. The molecule has 2 unspecified atom stereocenters. The summed E-state index contributed by atoms with van der Waals surface area (Å²) in [6, 6.07) is 20.6. The van der Waals surface area contributed by atoms with Crippen molar-refractivity contribution in [2.45, 2.75) is 24.7 Å². The van der Waals surface area contributed by atoms with Crippen molar-refractivity contribution in [1.82, 2.24) is 0 Å². The molecule has 0 aliphatic heterocycles. The highest BCUT2D eigenvalue weighted by Gasteiger charge is 2.36. The van der Waals surface area contributed by atoms with Gasteiger partial charge in [0.05, 0.1) is 0 Å². The van der Waals surface area contributed by atoms with Gasteiger partial charge >= 0.3 is 0 Å². The van der Waals surface area contributed by atoms with Gasteiger partial charge in [0.15, 0.2) is 0 Å². The van der Waals surface area contributed by atoms with Crippen LogP contribution in [-0.4, -0.2) is 5.78 Å². The monoisotopic (exact) mass is 236 g/mol. The highest BCUT2D eigenvalue weighted by Crippen LogP contribution is 2.43. The average Bonchev–Trinajstić information content (AvgIpc) is 2.83. The lowest BCUT2D eigenvalue weighted by Gasteiger charge is -2.19. The Bertz CT molecular complexity index is 530. The van der Waals surface area contributed by atoms with Crippen LogP contribution < -0.4 is 0 Å². The van der Waals surface area contributed by atoms with Crippen molar-refractivity contribution in [3.63, 3.8) is 0 Å². The first-order valence-electron chi connectivity index (χ1n) is 6.49. The summed E-state index contributed by atoms with van der Waals surface area (Å²) in [5.41, 5.74) is 2.45. The fraction of sp³-hybridized carbons (Fsp3) is 0.235. The molecule has 0 saturated heterocycles. The third kappa shape index (κ3) is 1.97. The minimum atomic E-state index is 0.0496. The Morgan fingerprint density at radius 3 is 1.94 bits per heavy atom. The fourth-order valence-corrected chi connectivity index (χ4v) is 2.98. The molecule has 18 heavy (non-hydrogen) atoms. The molecule has 0 bridgehead atoms. The molecule has 0 heterocycles. The van der Waals surface area contributed by atoms with Gasteiger partial charge in [-0.2, -0.15) is 0 Å². The first-order valence-corrected chi connectivity index (χ1v) is 6.49. The van der Waals surface area contributed by atoms with Gasteiger partial charge in [0.25, 0.3) is 0 Å². The van der Waals surface area contributed by atoms with Gasteiger partial charge in [0.2, 0.25) is 0 Å². The van der Waals surface area contributed by atoms with Gasteiger partial charge < -0.3 is 0 Å². The Kier molecular flexibility index (Phi) is 2.97. The van der Waals surface area contributed by atoms with E-state index in [-0.39, 0.29) is 5.92 Å². The number of benzene rings is 2. The van der Waals surface area contributed by atoms with Crippen molar-refractivity contribution in [3.8, 4) is 0 Å². The van der Waals surface area contributed by atoms with Crippen LogP contribution in [0.3, 0.4) is 0 Å². The van der Waals surface area contributed by atoms with Crippen LogP contribution in [0.1, 0.15) is 35.8 Å². The molecule has 1 aliphatic rings. The summed E-state index contributed by atoms with van der Waals surface area (Å²) in [5.74, 6) is 0.782. The minimum absolute atomic E-state index is 0.0496. The van der Waals surface area contributed by atoms with E-state index in [2.05, 4.69) is 36.4 Å². The molecule has 3 rings (SSSR count). The minimum Gasteiger partial charge on any atom is -0.299 e. The Balaban J connectivity index is 1.98. The Hall–Kier alpha value is -1.89. The predicted molar refractivity (Wildman–Crippen MR) is 72.6 cm³/mol. The summed E-state index contributed by atoms with van der Waals surface area (Å²) in [7, 11) is 0. The van der Waals surface area contributed by atoms with Crippen LogP contribution in [-0.2, 0) is 4.79 Å². The van der Waals surface area contributed by atoms with Crippen molar-refractivity contribution in [3.05, 3.63) is 71.8 Å². The van der Waals surface area contributed by atoms with E-state index >= 15 is 0 Å². The summed E-state index contributed by atoms with van der Waals surface area (Å²) in [4.78, 5) is 12.2. The molecule has 2 aromatic carbocycles. The maximum atomic E-state index is 12.2. The lowest BCUT2D eigenvalue weighted by atomic mass is 9.84. The molecule has 0 aromatic heterocycles. The smallest absolute Gasteiger partial charge is 0.140 e. The molecule has 0 spiro atoms. The molecular weight excluding hydrogens is 220 g/mol. The summed E-state index contributed by atoms with van der Waals surface area (Å²) in [6.45, 7) is 0. The third-order valence-corrected chi connectivity index (χ3v) is 3.84. The summed E-state index contributed by atoms with van der Waals surface area (Å²) in [6.07, 6.45) is 1.68. The van der Waals surface area contributed by atoms with Gasteiger partial charge in [0.1, 0.15) is 5.78 Å². The van der Waals surface area contributed by atoms with Crippen molar-refractivity contribution < 1.29 is 4.79 Å². The van der Waals surface area contributed by atoms with Gasteiger partial charge in [-0.1, -0.05) is 60.7 Å². The second kappa shape index (κ2) is 4.77. The summed E-state index contributed by atoms with van der Waals surface area (Å²) in [5, 5.41) is 0. The van der Waals surface area contributed by atoms with Crippen LogP contribution in [0.25, 0.3) is 0 Å². The zero-order valence-corrected chi connectivity index (χ0v) is 10.3. The SMILES string of the molecule is O=C1CCC(c2ccccc2)C1c1ccccc1. The maximum absolute atomic E-state index is 12.2. The molecule has 0 amide bonds. The largest absolute Gasteiger partial charge is 0.299 e. The van der Waals surface area contributed by atoms with Crippen LogP contribution in [0, 0.1) is 0 Å². The van der Waals surface area contributed by atoms with E-state index in [0.717, 1.165) is 12.0 Å². The van der Waals surface area contributed by atoms with Gasteiger partial charge in [0, 0.05) is 12.3 Å². The Morgan fingerprint density at radius 1 is 0.778 bits per heavy atom. The van der Waals surface area contributed by atoms with E-state index in [9.17, 15) is 4.79 Å². The lowest BCUT2D eigenvalue weighted by Crippen LogP contribution is -2.11. The standard InChI is InChI=1S/C17H16O/c18-16-12-11-15(13-7-3-1-4-8-13)17(16)14-9-5-2-6-10-14/h1-10,15,17H,11-12H2. The maximum Gasteiger partial charge on any atom is 0.140 e. The average molecular weight is 236 g/mol. The zero-order valence-electron chi connectivity index (χ0n) is 10.3. The molecule has 2 aromatic rings. The van der Waals surface area contributed by atoms with E-state index in [1.165, 1.54) is 5.56 Å². The number of Topliss-reactive ketones (excluding diaryl/α,β-unsaturated/α-hetero) is 1. The van der Waals surface area contributed by atoms with E-state index in [4.69, 9.17) is 0 Å². The second-order valence-corrected chi connectivity index (χ2v) is 4.91. The molecule has 90 valence electrons. The van der Waals surface area contributed by atoms with Crippen LogP contribution in [0.15, 0.2) is 60.7 Å². The summed E-state index contributed by atoms with van der Waals surface area (Å²) < 4.78 is 0. The van der Waals surface area contributed by atoms with E-state index in [1.807, 2.05) is 24.3 Å².